The maximum atomic E-state index is 5.77. The van der Waals surface area contributed by atoms with E-state index in [0.29, 0.717) is 12.5 Å². The minimum atomic E-state index is 0.499. The van der Waals surface area contributed by atoms with Crippen molar-refractivity contribution in [1.29, 1.82) is 0 Å². The lowest BCUT2D eigenvalue weighted by molar-refractivity contribution is 0.753. The lowest BCUT2D eigenvalue weighted by Crippen LogP contribution is -2.08. The molecule has 0 saturated carbocycles. The second-order valence-electron chi connectivity index (χ2n) is 5.07. The highest BCUT2D eigenvalue weighted by Crippen LogP contribution is 2.21. The van der Waals surface area contributed by atoms with Crippen LogP contribution in [0.25, 0.3) is 17.2 Å². The zero-order valence-corrected chi connectivity index (χ0v) is 11.6. The summed E-state index contributed by atoms with van der Waals surface area (Å²) in [7, 11) is 0. The Morgan fingerprint density at radius 2 is 1.53 bits per heavy atom. The van der Waals surface area contributed by atoms with Gasteiger partial charge in [-0.25, -0.2) is 0 Å². The van der Waals surface area contributed by atoms with Crippen molar-refractivity contribution in [2.75, 3.05) is 6.54 Å². The summed E-state index contributed by atoms with van der Waals surface area (Å²) in [5.74, 6) is 0.499. The van der Waals surface area contributed by atoms with E-state index < -0.39 is 0 Å². The highest BCUT2D eigenvalue weighted by Gasteiger charge is 2.01. The first kappa shape index (κ1) is 13.6. The van der Waals surface area contributed by atoms with Gasteiger partial charge in [-0.1, -0.05) is 80.1 Å². The Kier molecular flexibility index (Phi) is 4.53. The van der Waals surface area contributed by atoms with Gasteiger partial charge in [-0.2, -0.15) is 0 Å². The molecule has 0 radical (unpaired) electrons. The van der Waals surface area contributed by atoms with Crippen LogP contribution in [0.5, 0.6) is 0 Å². The molecule has 0 spiro atoms. The number of hydrogen-bond donors (Lipinski definition) is 1. The lowest BCUT2D eigenvalue weighted by Gasteiger charge is -2.09. The molecule has 0 bridgehead atoms. The zero-order valence-electron chi connectivity index (χ0n) is 11.6. The van der Waals surface area contributed by atoms with E-state index in [-0.39, 0.29) is 0 Å². The predicted octanol–water partition coefficient (Wildman–Crippen LogP) is 4.35. The number of hydrogen-bond acceptors (Lipinski definition) is 1. The molecule has 0 atom stereocenters. The third-order valence-electron chi connectivity index (χ3n) is 3.35. The molecule has 0 amide bonds. The molecule has 2 aromatic carbocycles. The fraction of sp³-hybridized carbons (Fsp3) is 0.222. The van der Waals surface area contributed by atoms with Gasteiger partial charge in [0.1, 0.15) is 0 Å². The van der Waals surface area contributed by atoms with E-state index in [0.717, 1.165) is 0 Å². The predicted molar refractivity (Wildman–Crippen MR) is 83.7 cm³/mol. The van der Waals surface area contributed by atoms with Crippen LogP contribution in [0.3, 0.4) is 0 Å². The van der Waals surface area contributed by atoms with Crippen LogP contribution in [-0.4, -0.2) is 6.54 Å². The Hall–Kier alpha value is -1.86. The normalized spacial score (nSPS) is 11.9. The molecule has 0 aliphatic heterocycles. The second kappa shape index (κ2) is 6.35. The van der Waals surface area contributed by atoms with Crippen LogP contribution in [0, 0.1) is 5.92 Å². The number of nitrogens with two attached hydrogens (primary N) is 1. The monoisotopic (exact) mass is 251 g/mol. The Balaban J connectivity index is 2.24. The van der Waals surface area contributed by atoms with Gasteiger partial charge in [0.05, 0.1) is 0 Å². The summed E-state index contributed by atoms with van der Waals surface area (Å²) in [6, 6.07) is 19.1. The van der Waals surface area contributed by atoms with Gasteiger partial charge in [-0.3, -0.25) is 0 Å². The maximum absolute atomic E-state index is 5.77. The van der Waals surface area contributed by atoms with E-state index in [4.69, 9.17) is 5.73 Å². The molecule has 19 heavy (non-hydrogen) atoms. The van der Waals surface area contributed by atoms with E-state index in [2.05, 4.69) is 68.5 Å². The molecule has 0 unspecified atom stereocenters. The van der Waals surface area contributed by atoms with Gasteiger partial charge in [0.2, 0.25) is 0 Å². The molecule has 0 aliphatic rings. The van der Waals surface area contributed by atoms with Crippen LogP contribution < -0.4 is 5.73 Å². The van der Waals surface area contributed by atoms with Crippen molar-refractivity contribution < 1.29 is 0 Å². The molecule has 0 aromatic heterocycles. The first-order valence-electron chi connectivity index (χ1n) is 6.76. The molecule has 2 aromatic rings. The molecule has 0 aliphatic carbocycles. The van der Waals surface area contributed by atoms with E-state index in [9.17, 15) is 0 Å². The number of benzene rings is 2. The van der Waals surface area contributed by atoms with E-state index in [1.165, 1.54) is 22.3 Å². The fourth-order valence-electron chi connectivity index (χ4n) is 2.08. The molecule has 1 heteroatoms. The average Bonchev–Trinajstić information content (AvgIpc) is 2.46. The maximum Gasteiger partial charge on any atom is 0.0142 e. The van der Waals surface area contributed by atoms with Crippen molar-refractivity contribution in [3.05, 3.63) is 65.7 Å². The van der Waals surface area contributed by atoms with Crippen LogP contribution in [-0.2, 0) is 0 Å². The molecule has 98 valence electrons. The average molecular weight is 251 g/mol. The van der Waals surface area contributed by atoms with E-state index in [1.54, 1.807) is 0 Å². The van der Waals surface area contributed by atoms with Crippen LogP contribution in [0.15, 0.2) is 60.2 Å². The first-order chi connectivity index (χ1) is 9.20. The first-order valence-corrected chi connectivity index (χ1v) is 6.76. The quantitative estimate of drug-likeness (QED) is 0.859. The molecule has 2 N–H and O–H groups in total. The smallest absolute Gasteiger partial charge is 0.0142 e. The van der Waals surface area contributed by atoms with Crippen molar-refractivity contribution in [3.63, 3.8) is 0 Å². The van der Waals surface area contributed by atoms with Gasteiger partial charge in [-0.15, -0.1) is 0 Å². The van der Waals surface area contributed by atoms with Crippen LogP contribution >= 0.6 is 0 Å². The summed E-state index contributed by atoms with van der Waals surface area (Å²) >= 11 is 0. The number of rotatable bonds is 4. The summed E-state index contributed by atoms with van der Waals surface area (Å²) in [6.07, 6.45) is 2.19. The van der Waals surface area contributed by atoms with Gasteiger partial charge in [-0.05, 0) is 22.6 Å². The van der Waals surface area contributed by atoms with Crippen molar-refractivity contribution in [2.24, 2.45) is 11.7 Å². The van der Waals surface area contributed by atoms with E-state index in [1.807, 2.05) is 6.07 Å². The van der Waals surface area contributed by atoms with E-state index >= 15 is 0 Å². The minimum absolute atomic E-state index is 0.499. The van der Waals surface area contributed by atoms with Gasteiger partial charge >= 0.3 is 0 Å². The Labute approximate surface area is 115 Å². The molecule has 0 saturated heterocycles. The highest BCUT2D eigenvalue weighted by atomic mass is 14.5. The SMILES string of the molecule is CC(C)C(=Cc1ccc(-c2ccccc2)cc1)CN. The van der Waals surface area contributed by atoms with Crippen LogP contribution in [0.4, 0.5) is 0 Å². The molecular formula is C18H21N. The van der Waals surface area contributed by atoms with Gasteiger partial charge in [0.15, 0.2) is 0 Å². The van der Waals surface area contributed by atoms with Gasteiger partial charge < -0.3 is 5.73 Å². The molecular weight excluding hydrogens is 230 g/mol. The standard InChI is InChI=1S/C18H21N/c1-14(2)18(13-19)12-15-8-10-17(11-9-15)16-6-4-3-5-7-16/h3-12,14H,13,19H2,1-2H3. The van der Waals surface area contributed by atoms with Crippen LogP contribution in [0.2, 0.25) is 0 Å². The summed E-state index contributed by atoms with van der Waals surface area (Å²) in [6.45, 7) is 4.98. The lowest BCUT2D eigenvalue weighted by atomic mass is 9.99. The molecule has 1 nitrogen and oxygen atoms in total. The molecule has 2 rings (SSSR count). The fourth-order valence-corrected chi connectivity index (χ4v) is 2.08. The van der Waals surface area contributed by atoms with Gasteiger partial charge in [0.25, 0.3) is 0 Å². The third kappa shape index (κ3) is 3.55. The zero-order chi connectivity index (χ0) is 13.7. The Bertz CT molecular complexity index is 536. The molecule has 0 heterocycles. The van der Waals surface area contributed by atoms with Crippen LogP contribution in [0.1, 0.15) is 19.4 Å². The minimum Gasteiger partial charge on any atom is -0.327 e. The second-order valence-corrected chi connectivity index (χ2v) is 5.07. The molecule has 0 fully saturated rings. The highest BCUT2D eigenvalue weighted by molar-refractivity contribution is 5.66. The third-order valence-corrected chi connectivity index (χ3v) is 3.35. The topological polar surface area (TPSA) is 26.0 Å². The Morgan fingerprint density at radius 3 is 2.05 bits per heavy atom. The van der Waals surface area contributed by atoms with Crippen molar-refractivity contribution in [3.8, 4) is 11.1 Å². The summed E-state index contributed by atoms with van der Waals surface area (Å²) < 4.78 is 0. The van der Waals surface area contributed by atoms with Crippen molar-refractivity contribution in [2.45, 2.75) is 13.8 Å². The Morgan fingerprint density at radius 1 is 0.947 bits per heavy atom. The summed E-state index contributed by atoms with van der Waals surface area (Å²) in [5, 5.41) is 0. The summed E-state index contributed by atoms with van der Waals surface area (Å²) in [5.41, 5.74) is 10.8. The summed E-state index contributed by atoms with van der Waals surface area (Å²) in [4.78, 5) is 0. The largest absolute Gasteiger partial charge is 0.327 e. The van der Waals surface area contributed by atoms with Gasteiger partial charge in [0, 0.05) is 6.54 Å². The van der Waals surface area contributed by atoms with Crippen molar-refractivity contribution in [1.82, 2.24) is 0 Å². The van der Waals surface area contributed by atoms with Crippen molar-refractivity contribution >= 4 is 6.08 Å².